The van der Waals surface area contributed by atoms with E-state index in [0.717, 1.165) is 0 Å². The zero-order chi connectivity index (χ0) is 11.3. The number of hydrogen-bond donors (Lipinski definition) is 2. The first-order valence-electron chi connectivity index (χ1n) is 4.34. The predicted octanol–water partition coefficient (Wildman–Crippen LogP) is 0.639. The summed E-state index contributed by atoms with van der Waals surface area (Å²) in [5.74, 6) is -1.03. The van der Waals surface area contributed by atoms with Gasteiger partial charge in [0.05, 0.1) is 13.0 Å². The topological polar surface area (TPSA) is 89.6 Å². The van der Waals surface area contributed by atoms with E-state index in [2.05, 4.69) is 0 Å². The molecule has 80 valence electrons. The number of carboxylic acid groups (broad SMARTS) is 1. The van der Waals surface area contributed by atoms with E-state index in [1.165, 1.54) is 6.07 Å². The maximum atomic E-state index is 10.8. The van der Waals surface area contributed by atoms with Crippen molar-refractivity contribution < 1.29 is 19.4 Å². The molecule has 0 unspecified atom stereocenters. The molecule has 0 aliphatic rings. The van der Waals surface area contributed by atoms with Crippen molar-refractivity contribution in [2.24, 2.45) is 5.73 Å². The largest absolute Gasteiger partial charge is 0.493 e. The van der Waals surface area contributed by atoms with E-state index in [4.69, 9.17) is 15.6 Å². The summed E-state index contributed by atoms with van der Waals surface area (Å²) in [6.45, 7) is 0.0670. The molecule has 15 heavy (non-hydrogen) atoms. The van der Waals surface area contributed by atoms with Crippen LogP contribution in [0.5, 0.6) is 5.75 Å². The molecular formula is C10H11NO4. The van der Waals surface area contributed by atoms with Crippen LogP contribution in [0.4, 0.5) is 0 Å². The van der Waals surface area contributed by atoms with Crippen molar-refractivity contribution in [3.63, 3.8) is 0 Å². The van der Waals surface area contributed by atoms with Crippen molar-refractivity contribution >= 4 is 11.9 Å². The summed E-state index contributed by atoms with van der Waals surface area (Å²) in [5.41, 5.74) is 5.41. The maximum Gasteiger partial charge on any atom is 0.306 e. The van der Waals surface area contributed by atoms with Gasteiger partial charge in [-0.25, -0.2) is 0 Å². The molecule has 0 saturated carbocycles. The van der Waals surface area contributed by atoms with Gasteiger partial charge in [-0.2, -0.15) is 0 Å². The van der Waals surface area contributed by atoms with Gasteiger partial charge in [-0.15, -0.1) is 0 Å². The van der Waals surface area contributed by atoms with Crippen LogP contribution in [0.15, 0.2) is 24.3 Å². The molecule has 5 heteroatoms. The molecule has 0 atom stereocenters. The number of carbonyl (C=O) groups excluding carboxylic acids is 1. The fourth-order valence-corrected chi connectivity index (χ4v) is 0.995. The first kappa shape index (κ1) is 11.0. The average molecular weight is 209 g/mol. The fourth-order valence-electron chi connectivity index (χ4n) is 0.995. The Labute approximate surface area is 86.5 Å². The van der Waals surface area contributed by atoms with E-state index in [1.807, 2.05) is 0 Å². The number of rotatable bonds is 5. The van der Waals surface area contributed by atoms with E-state index in [9.17, 15) is 9.59 Å². The zero-order valence-electron chi connectivity index (χ0n) is 7.97. The summed E-state index contributed by atoms with van der Waals surface area (Å²) in [4.78, 5) is 21.0. The molecule has 0 radical (unpaired) electrons. The van der Waals surface area contributed by atoms with Crippen LogP contribution in [0.1, 0.15) is 16.8 Å². The van der Waals surface area contributed by atoms with E-state index in [-0.39, 0.29) is 13.0 Å². The summed E-state index contributed by atoms with van der Waals surface area (Å²) < 4.78 is 5.12. The molecule has 0 aliphatic carbocycles. The van der Waals surface area contributed by atoms with Crippen LogP contribution in [0.25, 0.3) is 0 Å². The molecule has 1 aromatic carbocycles. The highest BCUT2D eigenvalue weighted by atomic mass is 16.5. The zero-order valence-corrected chi connectivity index (χ0v) is 7.97. The number of hydrogen-bond acceptors (Lipinski definition) is 3. The van der Waals surface area contributed by atoms with Crippen molar-refractivity contribution in [3.8, 4) is 5.75 Å². The molecule has 3 N–H and O–H groups in total. The SMILES string of the molecule is NC(=O)c1cccc(OCCC(=O)O)c1. The summed E-state index contributed by atoms with van der Waals surface area (Å²) in [6, 6.07) is 6.29. The minimum atomic E-state index is -0.930. The average Bonchev–Trinajstić information content (AvgIpc) is 2.17. The van der Waals surface area contributed by atoms with Crippen LogP contribution in [0, 0.1) is 0 Å². The van der Waals surface area contributed by atoms with Gasteiger partial charge in [0.1, 0.15) is 5.75 Å². The Morgan fingerprint density at radius 1 is 1.40 bits per heavy atom. The normalized spacial score (nSPS) is 9.60. The number of ether oxygens (including phenoxy) is 1. The summed E-state index contributed by atoms with van der Waals surface area (Å²) in [7, 11) is 0. The number of aliphatic carboxylic acids is 1. The first-order valence-corrected chi connectivity index (χ1v) is 4.34. The molecule has 5 nitrogen and oxygen atoms in total. The van der Waals surface area contributed by atoms with Crippen molar-refractivity contribution in [2.45, 2.75) is 6.42 Å². The molecule has 1 amide bonds. The number of carboxylic acids is 1. The van der Waals surface area contributed by atoms with Crippen molar-refractivity contribution in [3.05, 3.63) is 29.8 Å². The maximum absolute atomic E-state index is 10.8. The lowest BCUT2D eigenvalue weighted by atomic mass is 10.2. The van der Waals surface area contributed by atoms with Crippen LogP contribution < -0.4 is 10.5 Å². The second kappa shape index (κ2) is 4.99. The van der Waals surface area contributed by atoms with E-state index in [1.54, 1.807) is 18.2 Å². The Bertz CT molecular complexity index is 375. The smallest absolute Gasteiger partial charge is 0.306 e. The Balaban J connectivity index is 2.58. The lowest BCUT2D eigenvalue weighted by Crippen LogP contribution is -2.11. The van der Waals surface area contributed by atoms with Crippen molar-refractivity contribution in [1.82, 2.24) is 0 Å². The van der Waals surface area contributed by atoms with Gasteiger partial charge >= 0.3 is 5.97 Å². The molecule has 0 heterocycles. The molecule has 0 spiro atoms. The molecule has 1 aromatic rings. The molecule has 0 aliphatic heterocycles. The van der Waals surface area contributed by atoms with Gasteiger partial charge in [0.25, 0.3) is 0 Å². The van der Waals surface area contributed by atoms with Gasteiger partial charge in [-0.1, -0.05) is 6.07 Å². The third kappa shape index (κ3) is 3.68. The van der Waals surface area contributed by atoms with E-state index >= 15 is 0 Å². The van der Waals surface area contributed by atoms with Crippen LogP contribution in [0.3, 0.4) is 0 Å². The highest BCUT2D eigenvalue weighted by Crippen LogP contribution is 2.12. The van der Waals surface area contributed by atoms with Gasteiger partial charge in [0.15, 0.2) is 0 Å². The number of benzene rings is 1. The fraction of sp³-hybridized carbons (Fsp3) is 0.200. The lowest BCUT2D eigenvalue weighted by Gasteiger charge is -2.04. The number of primary amides is 1. The molecule has 0 bridgehead atoms. The third-order valence-electron chi connectivity index (χ3n) is 1.70. The molecule has 0 fully saturated rings. The molecule has 1 rings (SSSR count). The predicted molar refractivity (Wildman–Crippen MR) is 52.7 cm³/mol. The Morgan fingerprint density at radius 2 is 2.13 bits per heavy atom. The Morgan fingerprint density at radius 3 is 2.73 bits per heavy atom. The number of carbonyl (C=O) groups is 2. The summed E-state index contributed by atoms with van der Waals surface area (Å²) in [6.07, 6.45) is -0.0825. The Kier molecular flexibility index (Phi) is 3.68. The highest BCUT2D eigenvalue weighted by molar-refractivity contribution is 5.93. The number of nitrogens with two attached hydrogens (primary N) is 1. The van der Waals surface area contributed by atoms with Crippen LogP contribution in [-0.2, 0) is 4.79 Å². The quantitative estimate of drug-likeness (QED) is 0.744. The second-order valence-corrected chi connectivity index (χ2v) is 2.88. The van der Waals surface area contributed by atoms with Crippen LogP contribution in [0.2, 0.25) is 0 Å². The van der Waals surface area contributed by atoms with Gasteiger partial charge in [-0.3, -0.25) is 9.59 Å². The summed E-state index contributed by atoms with van der Waals surface area (Å²) >= 11 is 0. The van der Waals surface area contributed by atoms with Crippen LogP contribution >= 0.6 is 0 Å². The van der Waals surface area contributed by atoms with Crippen molar-refractivity contribution in [2.75, 3.05) is 6.61 Å². The van der Waals surface area contributed by atoms with Crippen molar-refractivity contribution in [1.29, 1.82) is 0 Å². The highest BCUT2D eigenvalue weighted by Gasteiger charge is 2.02. The minimum absolute atomic E-state index is 0.0670. The third-order valence-corrected chi connectivity index (χ3v) is 1.70. The van der Waals surface area contributed by atoms with Gasteiger partial charge < -0.3 is 15.6 Å². The monoisotopic (exact) mass is 209 g/mol. The number of amides is 1. The van der Waals surface area contributed by atoms with Gasteiger partial charge in [0.2, 0.25) is 5.91 Å². The lowest BCUT2D eigenvalue weighted by molar-refractivity contribution is -0.137. The Hall–Kier alpha value is -2.04. The van der Waals surface area contributed by atoms with E-state index in [0.29, 0.717) is 11.3 Å². The summed E-state index contributed by atoms with van der Waals surface area (Å²) in [5, 5.41) is 8.38. The minimum Gasteiger partial charge on any atom is -0.493 e. The van der Waals surface area contributed by atoms with Gasteiger partial charge in [-0.05, 0) is 18.2 Å². The van der Waals surface area contributed by atoms with Crippen LogP contribution in [-0.4, -0.2) is 23.6 Å². The first-order chi connectivity index (χ1) is 7.09. The second-order valence-electron chi connectivity index (χ2n) is 2.88. The molecule has 0 saturated heterocycles. The molecular weight excluding hydrogens is 198 g/mol. The van der Waals surface area contributed by atoms with Gasteiger partial charge in [0, 0.05) is 5.56 Å². The molecule has 0 aromatic heterocycles. The standard InChI is InChI=1S/C10H11NO4/c11-10(14)7-2-1-3-8(6-7)15-5-4-9(12)13/h1-3,6H,4-5H2,(H2,11,14)(H,12,13). The van der Waals surface area contributed by atoms with E-state index < -0.39 is 11.9 Å².